The van der Waals surface area contributed by atoms with E-state index in [9.17, 15) is 9.18 Å². The van der Waals surface area contributed by atoms with E-state index in [2.05, 4.69) is 0 Å². The maximum absolute atomic E-state index is 14.3. The van der Waals surface area contributed by atoms with E-state index in [1.54, 1.807) is 17.2 Å². The molecule has 1 saturated heterocycles. The summed E-state index contributed by atoms with van der Waals surface area (Å²) < 4.78 is 24.8. The number of likely N-dealkylation sites (tertiary alicyclic amines) is 1. The Bertz CT molecular complexity index is 669. The fourth-order valence-electron chi connectivity index (χ4n) is 3.08. The van der Waals surface area contributed by atoms with E-state index >= 15 is 0 Å². The van der Waals surface area contributed by atoms with Crippen molar-refractivity contribution in [1.29, 1.82) is 0 Å². The van der Waals surface area contributed by atoms with E-state index in [0.29, 0.717) is 12.3 Å². The SMILES string of the molecule is COc1ccc(C(=O)N2CCCCC[C@H]2c2ccco2)c(F)c1. The molecule has 0 unspecified atom stereocenters. The zero-order chi connectivity index (χ0) is 16.2. The van der Waals surface area contributed by atoms with Crippen molar-refractivity contribution in [1.82, 2.24) is 4.90 Å². The van der Waals surface area contributed by atoms with Crippen LogP contribution in [0.1, 0.15) is 47.8 Å². The van der Waals surface area contributed by atoms with Gasteiger partial charge in [0.25, 0.3) is 5.91 Å². The first-order chi connectivity index (χ1) is 11.2. The van der Waals surface area contributed by atoms with Crippen LogP contribution in [0.25, 0.3) is 0 Å². The first kappa shape index (κ1) is 15.6. The first-order valence-electron chi connectivity index (χ1n) is 7.88. The Labute approximate surface area is 134 Å². The van der Waals surface area contributed by atoms with Crippen LogP contribution in [0.4, 0.5) is 4.39 Å². The van der Waals surface area contributed by atoms with Crippen molar-refractivity contribution >= 4 is 5.91 Å². The highest BCUT2D eigenvalue weighted by Gasteiger charge is 2.30. The molecule has 1 aliphatic heterocycles. The van der Waals surface area contributed by atoms with Crippen LogP contribution in [0.15, 0.2) is 41.0 Å². The van der Waals surface area contributed by atoms with E-state index in [1.807, 2.05) is 12.1 Å². The van der Waals surface area contributed by atoms with Crippen LogP contribution in [0.5, 0.6) is 5.75 Å². The summed E-state index contributed by atoms with van der Waals surface area (Å²) in [5.74, 6) is 0.303. The zero-order valence-electron chi connectivity index (χ0n) is 13.1. The van der Waals surface area contributed by atoms with Crippen molar-refractivity contribution in [2.45, 2.75) is 31.7 Å². The van der Waals surface area contributed by atoms with Crippen LogP contribution in [-0.4, -0.2) is 24.5 Å². The fraction of sp³-hybridized carbons (Fsp3) is 0.389. The minimum atomic E-state index is -0.559. The van der Waals surface area contributed by atoms with E-state index in [-0.39, 0.29) is 17.5 Å². The molecule has 0 spiro atoms. The molecule has 1 aromatic carbocycles. The number of methoxy groups -OCH3 is 1. The monoisotopic (exact) mass is 317 g/mol. The summed E-state index contributed by atoms with van der Waals surface area (Å²) in [7, 11) is 1.47. The van der Waals surface area contributed by atoms with E-state index < -0.39 is 5.82 Å². The van der Waals surface area contributed by atoms with Crippen LogP contribution in [-0.2, 0) is 0 Å². The predicted molar refractivity (Wildman–Crippen MR) is 83.9 cm³/mol. The molecule has 1 aromatic heterocycles. The van der Waals surface area contributed by atoms with Gasteiger partial charge in [-0.2, -0.15) is 0 Å². The Hall–Kier alpha value is -2.30. The lowest BCUT2D eigenvalue weighted by atomic mass is 10.1. The Balaban J connectivity index is 1.91. The second-order valence-corrected chi connectivity index (χ2v) is 5.72. The van der Waals surface area contributed by atoms with Crippen LogP contribution in [0, 0.1) is 5.82 Å². The second-order valence-electron chi connectivity index (χ2n) is 5.72. The van der Waals surface area contributed by atoms with Gasteiger partial charge in [0.15, 0.2) is 0 Å². The molecule has 0 radical (unpaired) electrons. The molecular formula is C18H20FNO3. The fourth-order valence-corrected chi connectivity index (χ4v) is 3.08. The molecule has 1 atom stereocenters. The highest BCUT2D eigenvalue weighted by atomic mass is 19.1. The largest absolute Gasteiger partial charge is 0.497 e. The summed E-state index contributed by atoms with van der Waals surface area (Å²) in [5.41, 5.74) is 0.0734. The molecule has 1 fully saturated rings. The topological polar surface area (TPSA) is 42.7 Å². The molecular weight excluding hydrogens is 297 g/mol. The third-order valence-electron chi connectivity index (χ3n) is 4.29. The lowest BCUT2D eigenvalue weighted by Gasteiger charge is -2.29. The average Bonchev–Trinajstić information content (AvgIpc) is 2.98. The van der Waals surface area contributed by atoms with Gasteiger partial charge >= 0.3 is 0 Å². The normalized spacial score (nSPS) is 18.5. The van der Waals surface area contributed by atoms with Gasteiger partial charge in [-0.3, -0.25) is 4.79 Å². The van der Waals surface area contributed by atoms with Gasteiger partial charge in [0.2, 0.25) is 0 Å². The number of furan rings is 1. The minimum absolute atomic E-state index is 0.0734. The van der Waals surface area contributed by atoms with Gasteiger partial charge in [0.1, 0.15) is 17.3 Å². The second kappa shape index (κ2) is 6.86. The molecule has 2 aromatic rings. The quantitative estimate of drug-likeness (QED) is 0.852. The maximum atomic E-state index is 14.3. The number of hydrogen-bond donors (Lipinski definition) is 0. The number of amides is 1. The Morgan fingerprint density at radius 3 is 2.87 bits per heavy atom. The summed E-state index contributed by atoms with van der Waals surface area (Å²) in [5, 5.41) is 0. The van der Waals surface area contributed by atoms with Gasteiger partial charge in [-0.25, -0.2) is 4.39 Å². The molecule has 0 N–H and O–H groups in total. The number of ether oxygens (including phenoxy) is 1. The number of carbonyl (C=O) groups is 1. The average molecular weight is 317 g/mol. The first-order valence-corrected chi connectivity index (χ1v) is 7.88. The number of nitrogens with zero attached hydrogens (tertiary/aromatic N) is 1. The van der Waals surface area contributed by atoms with Crippen molar-refractivity contribution in [3.63, 3.8) is 0 Å². The van der Waals surface area contributed by atoms with Gasteiger partial charge in [-0.15, -0.1) is 0 Å². The van der Waals surface area contributed by atoms with Crippen LogP contribution < -0.4 is 4.74 Å². The van der Waals surface area contributed by atoms with Gasteiger partial charge in [-0.1, -0.05) is 12.8 Å². The van der Waals surface area contributed by atoms with Crippen molar-refractivity contribution < 1.29 is 18.3 Å². The third kappa shape index (κ3) is 3.23. The molecule has 3 rings (SSSR count). The van der Waals surface area contributed by atoms with Crippen molar-refractivity contribution in [2.24, 2.45) is 0 Å². The van der Waals surface area contributed by atoms with Crippen LogP contribution in [0.2, 0.25) is 0 Å². The molecule has 23 heavy (non-hydrogen) atoms. The minimum Gasteiger partial charge on any atom is -0.497 e. The van der Waals surface area contributed by atoms with E-state index in [4.69, 9.17) is 9.15 Å². The molecule has 1 amide bonds. The summed E-state index contributed by atoms with van der Waals surface area (Å²) in [6.07, 6.45) is 5.45. The molecule has 122 valence electrons. The number of carbonyl (C=O) groups excluding carboxylic acids is 1. The molecule has 5 heteroatoms. The van der Waals surface area contributed by atoms with E-state index in [1.165, 1.54) is 19.2 Å². The molecule has 4 nitrogen and oxygen atoms in total. The smallest absolute Gasteiger partial charge is 0.257 e. The number of rotatable bonds is 3. The van der Waals surface area contributed by atoms with Crippen molar-refractivity contribution in [3.8, 4) is 5.75 Å². The molecule has 1 aliphatic rings. The van der Waals surface area contributed by atoms with Gasteiger partial charge in [0.05, 0.1) is 25.0 Å². The summed E-state index contributed by atoms with van der Waals surface area (Å²) in [4.78, 5) is 14.6. The lowest BCUT2D eigenvalue weighted by Crippen LogP contribution is -2.35. The third-order valence-corrected chi connectivity index (χ3v) is 4.29. The molecule has 2 heterocycles. The Morgan fingerprint density at radius 1 is 1.30 bits per heavy atom. The summed E-state index contributed by atoms with van der Waals surface area (Å²) in [6.45, 7) is 0.607. The predicted octanol–water partition coefficient (Wildman–Crippen LogP) is 4.18. The maximum Gasteiger partial charge on any atom is 0.257 e. The summed E-state index contributed by atoms with van der Waals surface area (Å²) in [6, 6.07) is 7.89. The highest BCUT2D eigenvalue weighted by molar-refractivity contribution is 5.95. The number of benzene rings is 1. The van der Waals surface area contributed by atoms with E-state index in [0.717, 1.165) is 31.4 Å². The lowest BCUT2D eigenvalue weighted by molar-refractivity contribution is 0.0653. The van der Waals surface area contributed by atoms with Gasteiger partial charge in [0, 0.05) is 12.6 Å². The standard InChI is InChI=1S/C18H20FNO3/c1-22-13-8-9-14(15(19)12-13)18(21)20-10-4-2-3-6-16(20)17-7-5-11-23-17/h5,7-9,11-12,16H,2-4,6,10H2,1H3/t16-/m0/s1. The molecule has 0 saturated carbocycles. The van der Waals surface area contributed by atoms with Crippen molar-refractivity contribution in [3.05, 3.63) is 53.7 Å². The zero-order valence-corrected chi connectivity index (χ0v) is 13.1. The Kier molecular flexibility index (Phi) is 4.65. The van der Waals surface area contributed by atoms with Gasteiger partial charge in [-0.05, 0) is 37.1 Å². The highest BCUT2D eigenvalue weighted by Crippen LogP contribution is 2.32. The number of hydrogen-bond acceptors (Lipinski definition) is 3. The van der Waals surface area contributed by atoms with Gasteiger partial charge < -0.3 is 14.1 Å². The summed E-state index contributed by atoms with van der Waals surface area (Å²) >= 11 is 0. The molecule has 0 aliphatic carbocycles. The Morgan fingerprint density at radius 2 is 2.17 bits per heavy atom. The van der Waals surface area contributed by atoms with Crippen molar-refractivity contribution in [2.75, 3.05) is 13.7 Å². The van der Waals surface area contributed by atoms with Crippen LogP contribution >= 0.6 is 0 Å². The molecule has 0 bridgehead atoms. The van der Waals surface area contributed by atoms with Crippen LogP contribution in [0.3, 0.4) is 0 Å². The number of halogens is 1.